The molecule has 3 rings (SSSR count). The summed E-state index contributed by atoms with van der Waals surface area (Å²) >= 11 is 7.34. The van der Waals surface area contributed by atoms with Gasteiger partial charge in [-0.25, -0.2) is 9.78 Å². The van der Waals surface area contributed by atoms with Crippen molar-refractivity contribution in [2.24, 2.45) is 0 Å². The summed E-state index contributed by atoms with van der Waals surface area (Å²) in [5, 5.41) is 7.02. The van der Waals surface area contributed by atoms with Crippen molar-refractivity contribution in [3.05, 3.63) is 57.9 Å². The van der Waals surface area contributed by atoms with Crippen molar-refractivity contribution in [1.29, 1.82) is 0 Å². The zero-order valence-corrected chi connectivity index (χ0v) is 13.1. The molecular formula is C15H11ClN2O3S. The third-order valence-corrected chi connectivity index (χ3v) is 4.02. The Balaban J connectivity index is 1.64. The molecular weight excluding hydrogens is 324 g/mol. The van der Waals surface area contributed by atoms with Crippen molar-refractivity contribution in [3.63, 3.8) is 0 Å². The summed E-state index contributed by atoms with van der Waals surface area (Å²) in [4.78, 5) is 16.2. The number of rotatable bonds is 4. The van der Waals surface area contributed by atoms with Crippen LogP contribution in [0.4, 0.5) is 0 Å². The van der Waals surface area contributed by atoms with Crippen molar-refractivity contribution in [1.82, 2.24) is 10.1 Å². The molecule has 5 nitrogen and oxygen atoms in total. The molecule has 22 heavy (non-hydrogen) atoms. The molecule has 7 heteroatoms. The van der Waals surface area contributed by atoms with Gasteiger partial charge in [-0.3, -0.25) is 0 Å². The van der Waals surface area contributed by atoms with E-state index >= 15 is 0 Å². The number of hydrogen-bond acceptors (Lipinski definition) is 6. The fourth-order valence-electron chi connectivity index (χ4n) is 1.77. The molecule has 2 heterocycles. The topological polar surface area (TPSA) is 65.2 Å². The molecule has 0 aliphatic rings. The number of ether oxygens (including phenoxy) is 1. The van der Waals surface area contributed by atoms with Gasteiger partial charge in [0.1, 0.15) is 11.6 Å². The average Bonchev–Trinajstić information content (AvgIpc) is 3.15. The number of thiazole rings is 1. The minimum Gasteiger partial charge on any atom is -0.453 e. The highest BCUT2D eigenvalue weighted by atomic mass is 35.5. The zero-order chi connectivity index (χ0) is 15.5. The normalized spacial score (nSPS) is 10.6. The Morgan fingerprint density at radius 1 is 1.36 bits per heavy atom. The summed E-state index contributed by atoms with van der Waals surface area (Å²) in [6, 6.07) is 8.94. The first-order chi connectivity index (χ1) is 10.6. The summed E-state index contributed by atoms with van der Waals surface area (Å²) in [5.74, 6) is -0.465. The number of benzene rings is 1. The van der Waals surface area contributed by atoms with Crippen LogP contribution in [0, 0.1) is 6.92 Å². The van der Waals surface area contributed by atoms with E-state index in [4.69, 9.17) is 20.9 Å². The van der Waals surface area contributed by atoms with Crippen molar-refractivity contribution in [2.75, 3.05) is 0 Å². The molecule has 0 spiro atoms. The summed E-state index contributed by atoms with van der Waals surface area (Å²) in [6.45, 7) is 1.82. The summed E-state index contributed by atoms with van der Waals surface area (Å²) < 4.78 is 9.99. The first-order valence-corrected chi connectivity index (χ1v) is 7.68. The fraction of sp³-hybridized carbons (Fsp3) is 0.133. The molecule has 0 saturated heterocycles. The van der Waals surface area contributed by atoms with Crippen LogP contribution in [0.15, 0.2) is 40.2 Å². The van der Waals surface area contributed by atoms with E-state index in [1.54, 1.807) is 6.92 Å². The minimum atomic E-state index is -0.554. The van der Waals surface area contributed by atoms with Crippen LogP contribution >= 0.6 is 22.9 Å². The Labute approximate surface area is 135 Å². The van der Waals surface area contributed by atoms with Gasteiger partial charge in [0.2, 0.25) is 5.76 Å². The maximum Gasteiger partial charge on any atom is 0.377 e. The monoisotopic (exact) mass is 334 g/mol. The Hall–Kier alpha value is -2.18. The molecule has 0 radical (unpaired) electrons. The summed E-state index contributed by atoms with van der Waals surface area (Å²) in [7, 11) is 0. The van der Waals surface area contributed by atoms with Gasteiger partial charge in [-0.05, 0) is 19.1 Å². The third kappa shape index (κ3) is 3.35. The quantitative estimate of drug-likeness (QED) is 0.671. The average molecular weight is 335 g/mol. The van der Waals surface area contributed by atoms with E-state index in [0.29, 0.717) is 16.4 Å². The van der Waals surface area contributed by atoms with Crippen molar-refractivity contribution >= 4 is 28.9 Å². The molecule has 0 saturated carbocycles. The summed E-state index contributed by atoms with van der Waals surface area (Å²) in [6.07, 6.45) is 0. The molecule has 0 N–H and O–H groups in total. The molecule has 0 fully saturated rings. The van der Waals surface area contributed by atoms with Crippen LogP contribution in [0.3, 0.4) is 0 Å². The Bertz CT molecular complexity index is 795. The van der Waals surface area contributed by atoms with Gasteiger partial charge in [-0.2, -0.15) is 0 Å². The summed E-state index contributed by atoms with van der Waals surface area (Å²) in [5.41, 5.74) is 2.28. The van der Waals surface area contributed by atoms with Crippen LogP contribution in [0.5, 0.6) is 0 Å². The number of halogens is 1. The first kappa shape index (κ1) is 14.7. The van der Waals surface area contributed by atoms with Gasteiger partial charge in [-0.1, -0.05) is 28.9 Å². The number of hydrogen-bond donors (Lipinski definition) is 0. The van der Waals surface area contributed by atoms with Crippen LogP contribution in [0.1, 0.15) is 21.9 Å². The molecule has 0 aliphatic carbocycles. The van der Waals surface area contributed by atoms with Crippen LogP contribution in [-0.2, 0) is 11.3 Å². The van der Waals surface area contributed by atoms with Gasteiger partial charge in [0.15, 0.2) is 0 Å². The zero-order valence-electron chi connectivity index (χ0n) is 11.6. The Kier molecular flexibility index (Phi) is 4.22. The molecule has 2 aromatic heterocycles. The van der Waals surface area contributed by atoms with Gasteiger partial charge in [0.05, 0.1) is 11.4 Å². The first-order valence-electron chi connectivity index (χ1n) is 6.42. The van der Waals surface area contributed by atoms with Gasteiger partial charge >= 0.3 is 5.97 Å². The van der Waals surface area contributed by atoms with Crippen LogP contribution in [0.2, 0.25) is 5.02 Å². The highest BCUT2D eigenvalue weighted by molar-refractivity contribution is 7.13. The highest BCUT2D eigenvalue weighted by Gasteiger charge is 2.14. The lowest BCUT2D eigenvalue weighted by Gasteiger charge is -1.99. The predicted octanol–water partition coefficient (Wildman–Crippen LogP) is 4.12. The fourth-order valence-corrected chi connectivity index (χ4v) is 2.71. The molecule has 0 amide bonds. The largest absolute Gasteiger partial charge is 0.453 e. The van der Waals surface area contributed by atoms with Gasteiger partial charge in [-0.15, -0.1) is 11.3 Å². The molecule has 0 bridgehead atoms. The second-order valence-corrected chi connectivity index (χ2v) is 5.85. The predicted molar refractivity (Wildman–Crippen MR) is 82.9 cm³/mol. The van der Waals surface area contributed by atoms with E-state index in [-0.39, 0.29) is 12.4 Å². The van der Waals surface area contributed by atoms with Crippen LogP contribution in [0.25, 0.3) is 10.6 Å². The number of carbonyl (C=O) groups excluding carboxylic acids is 1. The van der Waals surface area contributed by atoms with E-state index < -0.39 is 5.97 Å². The Morgan fingerprint density at radius 2 is 2.14 bits per heavy atom. The Morgan fingerprint density at radius 3 is 2.82 bits per heavy atom. The van der Waals surface area contributed by atoms with Crippen LogP contribution in [-0.4, -0.2) is 16.1 Å². The number of carbonyl (C=O) groups is 1. The highest BCUT2D eigenvalue weighted by Crippen LogP contribution is 2.25. The maximum atomic E-state index is 11.8. The van der Waals surface area contributed by atoms with Crippen molar-refractivity contribution < 1.29 is 14.1 Å². The molecule has 1 aromatic carbocycles. The third-order valence-electron chi connectivity index (χ3n) is 2.82. The lowest BCUT2D eigenvalue weighted by atomic mass is 10.2. The molecule has 3 aromatic rings. The van der Waals surface area contributed by atoms with Crippen LogP contribution < -0.4 is 0 Å². The lowest BCUT2D eigenvalue weighted by Crippen LogP contribution is -2.04. The lowest BCUT2D eigenvalue weighted by molar-refractivity contribution is 0.0421. The van der Waals surface area contributed by atoms with E-state index in [1.807, 2.05) is 29.6 Å². The van der Waals surface area contributed by atoms with E-state index in [2.05, 4.69) is 10.1 Å². The molecule has 0 aliphatic heterocycles. The van der Waals surface area contributed by atoms with Gasteiger partial charge < -0.3 is 9.26 Å². The number of nitrogens with zero attached hydrogens (tertiary/aromatic N) is 2. The SMILES string of the molecule is Cc1cc(C(=O)OCc2csc(-c3ccc(Cl)cc3)n2)on1. The maximum absolute atomic E-state index is 11.8. The minimum absolute atomic E-state index is 0.0860. The van der Waals surface area contributed by atoms with Crippen molar-refractivity contribution in [3.8, 4) is 10.6 Å². The second-order valence-electron chi connectivity index (χ2n) is 4.56. The van der Waals surface area contributed by atoms with E-state index in [9.17, 15) is 4.79 Å². The number of aryl methyl sites for hydroxylation is 1. The van der Waals surface area contributed by atoms with Gasteiger partial charge in [0, 0.05) is 22.0 Å². The van der Waals surface area contributed by atoms with Crippen molar-refractivity contribution in [2.45, 2.75) is 13.5 Å². The number of aromatic nitrogens is 2. The number of esters is 1. The molecule has 0 atom stereocenters. The smallest absolute Gasteiger partial charge is 0.377 e. The molecule has 0 unspecified atom stereocenters. The van der Waals surface area contributed by atoms with Gasteiger partial charge in [0.25, 0.3) is 0 Å². The molecule has 112 valence electrons. The van der Waals surface area contributed by atoms with E-state index in [1.165, 1.54) is 17.4 Å². The standard InChI is InChI=1S/C15H11ClN2O3S/c1-9-6-13(21-18-9)15(19)20-7-12-8-22-14(17-12)10-2-4-11(16)5-3-10/h2-6,8H,7H2,1H3. The second kappa shape index (κ2) is 6.29. The van der Waals surface area contributed by atoms with E-state index in [0.717, 1.165) is 10.6 Å².